The van der Waals surface area contributed by atoms with Gasteiger partial charge in [0.15, 0.2) is 6.10 Å². The van der Waals surface area contributed by atoms with E-state index in [4.69, 9.17) is 23.7 Å². The van der Waals surface area contributed by atoms with Gasteiger partial charge in [0.1, 0.15) is 11.7 Å². The number of rotatable bonds is 16. The summed E-state index contributed by atoms with van der Waals surface area (Å²) in [5.41, 5.74) is -1.48. The van der Waals surface area contributed by atoms with Crippen molar-refractivity contribution >= 4 is 23.9 Å². The van der Waals surface area contributed by atoms with E-state index in [1.54, 1.807) is 36.1 Å². The monoisotopic (exact) mass is 803 g/mol. The zero-order valence-electron chi connectivity index (χ0n) is 34.7. The van der Waals surface area contributed by atoms with Crippen molar-refractivity contribution in [3.8, 4) is 0 Å². The molecular formula is C42H65N3O12. The summed E-state index contributed by atoms with van der Waals surface area (Å²) in [6.45, 7) is 14.7. The lowest BCUT2D eigenvalue weighted by molar-refractivity contribution is -0.151. The van der Waals surface area contributed by atoms with Crippen LogP contribution in [0.2, 0.25) is 0 Å². The smallest absolute Gasteiger partial charge is 0.410 e. The maximum absolute atomic E-state index is 13.6. The summed E-state index contributed by atoms with van der Waals surface area (Å²) in [5, 5.41) is 32.1. The predicted octanol–water partition coefficient (Wildman–Crippen LogP) is 2.92. The highest BCUT2D eigenvalue weighted by atomic mass is 16.6. The third-order valence-corrected chi connectivity index (χ3v) is 11.6. The van der Waals surface area contributed by atoms with Gasteiger partial charge in [-0.25, -0.2) is 4.79 Å². The van der Waals surface area contributed by atoms with Crippen molar-refractivity contribution < 1.29 is 58.2 Å². The number of hydrogen-bond acceptors (Lipinski definition) is 13. The van der Waals surface area contributed by atoms with E-state index < -0.39 is 47.7 Å². The van der Waals surface area contributed by atoms with Crippen LogP contribution in [0.1, 0.15) is 73.6 Å². The van der Waals surface area contributed by atoms with Gasteiger partial charge in [0.05, 0.1) is 56.2 Å². The summed E-state index contributed by atoms with van der Waals surface area (Å²) in [6, 6.07) is 0. The number of cyclic esters (lactones) is 1. The van der Waals surface area contributed by atoms with Crippen LogP contribution in [-0.2, 0) is 38.1 Å². The van der Waals surface area contributed by atoms with E-state index >= 15 is 0 Å². The molecule has 3 amide bonds. The van der Waals surface area contributed by atoms with E-state index in [1.165, 1.54) is 19.3 Å². The highest BCUT2D eigenvalue weighted by Crippen LogP contribution is 2.38. The van der Waals surface area contributed by atoms with Gasteiger partial charge in [-0.1, -0.05) is 45.1 Å². The number of piperazine rings is 1. The minimum Gasteiger partial charge on any atom is -0.457 e. The molecule has 0 aromatic rings. The van der Waals surface area contributed by atoms with Gasteiger partial charge in [0, 0.05) is 70.2 Å². The molecule has 0 radical (unpaired) electrons. The van der Waals surface area contributed by atoms with Crippen LogP contribution < -0.4 is 0 Å². The van der Waals surface area contributed by atoms with Crippen molar-refractivity contribution in [2.75, 3.05) is 59.6 Å². The van der Waals surface area contributed by atoms with Crippen molar-refractivity contribution in [3.63, 3.8) is 0 Å². The highest BCUT2D eigenvalue weighted by Gasteiger charge is 2.47. The molecule has 3 N–H and O–H groups in total. The first-order valence-electron chi connectivity index (χ1n) is 20.3. The van der Waals surface area contributed by atoms with Gasteiger partial charge in [0.25, 0.3) is 11.8 Å². The largest absolute Gasteiger partial charge is 0.457 e. The van der Waals surface area contributed by atoms with E-state index in [0.717, 1.165) is 4.90 Å². The summed E-state index contributed by atoms with van der Waals surface area (Å²) < 4.78 is 29.4. The fraction of sp³-hybridized carbons (Fsp3) is 0.714. The van der Waals surface area contributed by atoms with Crippen LogP contribution in [0.5, 0.6) is 0 Å². The number of methoxy groups -OCH3 is 1. The Morgan fingerprint density at radius 3 is 2.42 bits per heavy atom. The number of aliphatic hydroxyl groups is 3. The molecule has 10 atom stereocenters. The predicted molar refractivity (Wildman–Crippen MR) is 211 cm³/mol. The number of epoxide rings is 1. The molecule has 4 aliphatic heterocycles. The van der Waals surface area contributed by atoms with Gasteiger partial charge in [-0.15, -0.1) is 0 Å². The maximum atomic E-state index is 13.6. The zero-order valence-corrected chi connectivity index (χ0v) is 34.7. The lowest BCUT2D eigenvalue weighted by atomic mass is 9.88. The van der Waals surface area contributed by atoms with E-state index in [9.17, 15) is 34.5 Å². The van der Waals surface area contributed by atoms with Crippen molar-refractivity contribution in [2.24, 2.45) is 11.8 Å². The van der Waals surface area contributed by atoms with Crippen LogP contribution >= 0.6 is 0 Å². The molecule has 0 aromatic heterocycles. The minimum absolute atomic E-state index is 0.0243. The Balaban J connectivity index is 1.36. The highest BCUT2D eigenvalue weighted by molar-refractivity contribution is 6.12. The molecule has 0 aliphatic carbocycles. The van der Waals surface area contributed by atoms with E-state index in [2.05, 4.69) is 4.90 Å². The fourth-order valence-corrected chi connectivity index (χ4v) is 7.45. The first-order valence-corrected chi connectivity index (χ1v) is 20.3. The topological polar surface area (TPSA) is 188 Å². The number of nitrogens with zero attached hydrogens (tertiary/aromatic N) is 3. The average molecular weight is 804 g/mol. The van der Waals surface area contributed by atoms with Crippen LogP contribution in [0, 0.1) is 11.8 Å². The third kappa shape index (κ3) is 13.6. The lowest BCUT2D eigenvalue weighted by Gasteiger charge is -2.38. The van der Waals surface area contributed by atoms with Crippen LogP contribution in [0.3, 0.4) is 0 Å². The molecule has 0 aromatic carbocycles. The molecule has 0 spiro atoms. The lowest BCUT2D eigenvalue weighted by Crippen LogP contribution is -2.52. The molecule has 4 heterocycles. The SMILES string of the molecule is CC[C@H](O)[C@@H](C)[C@H]1O[C@@H]1C[C@@](C)(O)/C=C/C=C(\C)[C@H]1OC(=O)C[C@H](O)CC[C@@](C)(OC)[C@@H](OC(=O)N2CCN(CCOCCN3C(=O)C=CC3=O)CC2)/C=C\[C@@H]1C. The van der Waals surface area contributed by atoms with Gasteiger partial charge in [-0.2, -0.15) is 0 Å². The number of carbonyl (C=O) groups is 4. The number of aliphatic hydroxyl groups excluding tert-OH is 2. The molecular weight excluding hydrogens is 738 g/mol. The first kappa shape index (κ1) is 46.3. The van der Waals surface area contributed by atoms with E-state index in [0.29, 0.717) is 64.2 Å². The van der Waals surface area contributed by atoms with Crippen LogP contribution in [0.15, 0.2) is 48.1 Å². The minimum atomic E-state index is -1.17. The Bertz CT molecular complexity index is 1490. The quantitative estimate of drug-likeness (QED) is 0.0517. The Labute approximate surface area is 337 Å². The molecule has 4 rings (SSSR count). The van der Waals surface area contributed by atoms with Crippen LogP contribution in [0.25, 0.3) is 0 Å². The second kappa shape index (κ2) is 21.0. The molecule has 0 saturated carbocycles. The number of hydrogen-bond donors (Lipinski definition) is 3. The van der Waals surface area contributed by atoms with Crippen molar-refractivity contribution in [2.45, 2.75) is 121 Å². The van der Waals surface area contributed by atoms with Crippen molar-refractivity contribution in [3.05, 3.63) is 48.1 Å². The molecule has 2 saturated heterocycles. The van der Waals surface area contributed by atoms with Crippen LogP contribution in [0.4, 0.5) is 4.79 Å². The van der Waals surface area contributed by atoms with Gasteiger partial charge in [0.2, 0.25) is 0 Å². The Hall–Kier alpha value is -3.44. The molecule has 0 unspecified atom stereocenters. The zero-order chi connectivity index (χ0) is 41.9. The maximum Gasteiger partial charge on any atom is 0.410 e. The van der Waals surface area contributed by atoms with Crippen molar-refractivity contribution in [1.29, 1.82) is 0 Å². The van der Waals surface area contributed by atoms with Gasteiger partial charge in [-0.05, 0) is 51.7 Å². The van der Waals surface area contributed by atoms with Gasteiger partial charge < -0.3 is 43.9 Å². The first-order chi connectivity index (χ1) is 27.0. The summed E-state index contributed by atoms with van der Waals surface area (Å²) in [6.07, 6.45) is 8.86. The standard InChI is InChI=1S/C42H65N3O12/c1-8-32(47)30(4)39-33(55-39)27-41(5,52)16-9-10-28(2)38-29(3)11-12-34(42(6,53-7)17-15-31(46)26-37(50)57-38)56-40(51)44-20-18-43(19-21-44)22-24-54-25-23-45-35(48)13-14-36(45)49/h9-14,16,29-34,38-39,46-47,52H,8,15,17-27H2,1-7H3/b12-11-,16-9+,28-10+/t29-,30+,31+,32-,33+,34-,38+,39+,41-,42+/m0/s1. The van der Waals surface area contributed by atoms with Gasteiger partial charge >= 0.3 is 12.1 Å². The van der Waals surface area contributed by atoms with Crippen molar-refractivity contribution in [1.82, 2.24) is 14.7 Å². The Kier molecular flexibility index (Phi) is 17.0. The number of ether oxygens (including phenoxy) is 5. The second-order valence-electron chi connectivity index (χ2n) is 16.3. The normalized spacial score (nSPS) is 32.0. The third-order valence-electron chi connectivity index (χ3n) is 11.6. The Morgan fingerprint density at radius 2 is 1.77 bits per heavy atom. The molecule has 57 heavy (non-hydrogen) atoms. The second-order valence-corrected chi connectivity index (χ2v) is 16.3. The number of imide groups is 1. The summed E-state index contributed by atoms with van der Waals surface area (Å²) in [4.78, 5) is 55.0. The number of allylic oxidation sites excluding steroid dienone is 2. The molecule has 320 valence electrons. The molecule has 4 aliphatic rings. The summed E-state index contributed by atoms with van der Waals surface area (Å²) in [5.74, 6) is -1.61. The summed E-state index contributed by atoms with van der Waals surface area (Å²) in [7, 11) is 1.53. The molecule has 15 nitrogen and oxygen atoms in total. The average Bonchev–Trinajstić information content (AvgIpc) is 3.86. The Morgan fingerprint density at radius 1 is 1.11 bits per heavy atom. The fourth-order valence-electron chi connectivity index (χ4n) is 7.45. The summed E-state index contributed by atoms with van der Waals surface area (Å²) >= 11 is 0. The number of carbonyl (C=O) groups excluding carboxylic acids is 4. The number of esters is 1. The number of amides is 3. The van der Waals surface area contributed by atoms with E-state index in [1.807, 2.05) is 40.7 Å². The molecule has 2 fully saturated rings. The van der Waals surface area contributed by atoms with Gasteiger partial charge in [-0.3, -0.25) is 24.2 Å². The molecule has 15 heteroatoms. The van der Waals surface area contributed by atoms with E-state index in [-0.39, 0.29) is 61.9 Å². The molecule has 0 bridgehead atoms. The van der Waals surface area contributed by atoms with Crippen LogP contribution in [-0.4, -0.2) is 161 Å².